The molecule has 1 aromatic carbocycles. The van der Waals surface area contributed by atoms with Gasteiger partial charge >= 0.3 is 0 Å². The summed E-state index contributed by atoms with van der Waals surface area (Å²) >= 11 is 0. The lowest BCUT2D eigenvalue weighted by atomic mass is 10.0. The second-order valence-electron chi connectivity index (χ2n) is 6.63. The molecule has 0 spiro atoms. The number of methoxy groups -OCH3 is 1. The number of carbonyl (C=O) groups is 1. The predicted octanol–water partition coefficient (Wildman–Crippen LogP) is 2.20. The Morgan fingerprint density at radius 3 is 2.88 bits per heavy atom. The van der Waals surface area contributed by atoms with Crippen LogP contribution in [0.4, 0.5) is 0 Å². The maximum absolute atomic E-state index is 13.2. The molecule has 0 saturated carbocycles. The monoisotopic (exact) mass is 354 g/mol. The molecule has 1 N–H and O–H groups in total. The molecule has 138 valence electrons. The molecule has 0 unspecified atom stereocenters. The van der Waals surface area contributed by atoms with E-state index in [9.17, 15) is 4.79 Å². The van der Waals surface area contributed by atoms with Gasteiger partial charge in [0.25, 0.3) is 0 Å². The highest BCUT2D eigenvalue weighted by Gasteiger charge is 2.25. The Bertz CT molecular complexity index is 700. The topological polar surface area (TPSA) is 67.3 Å². The molecule has 3 rings (SSSR count). The lowest BCUT2D eigenvalue weighted by molar-refractivity contribution is -0.133. The highest BCUT2D eigenvalue weighted by Crippen LogP contribution is 2.19. The van der Waals surface area contributed by atoms with Crippen molar-refractivity contribution in [1.29, 1.82) is 0 Å². The van der Waals surface area contributed by atoms with Crippen LogP contribution in [0.15, 0.2) is 43.0 Å². The molecular weight excluding hydrogens is 328 g/mol. The van der Waals surface area contributed by atoms with Gasteiger partial charge in [-0.05, 0) is 50.0 Å². The lowest BCUT2D eigenvalue weighted by Crippen LogP contribution is -2.41. The van der Waals surface area contributed by atoms with E-state index < -0.39 is 0 Å². The summed E-state index contributed by atoms with van der Waals surface area (Å²) in [6.45, 7) is 2.51. The van der Waals surface area contributed by atoms with Gasteiger partial charge in [-0.3, -0.25) is 4.79 Å². The number of ether oxygens (including phenoxy) is 1. The first-order chi connectivity index (χ1) is 12.8. The molecule has 2 heterocycles. The van der Waals surface area contributed by atoms with E-state index in [0.29, 0.717) is 13.0 Å². The van der Waals surface area contributed by atoms with Gasteiger partial charge in [0.05, 0.1) is 13.5 Å². The largest absolute Gasteiger partial charge is 0.497 e. The second kappa shape index (κ2) is 9.29. The fraction of sp³-hybridized carbons (Fsp3) is 0.450. The van der Waals surface area contributed by atoms with E-state index in [1.807, 2.05) is 29.2 Å². The summed E-state index contributed by atoms with van der Waals surface area (Å²) in [5.41, 5.74) is 1.93. The highest BCUT2D eigenvalue weighted by atomic mass is 16.5. The summed E-state index contributed by atoms with van der Waals surface area (Å²) < 4.78 is 5.28. The van der Waals surface area contributed by atoms with Crippen LogP contribution in [-0.2, 0) is 17.8 Å². The van der Waals surface area contributed by atoms with Crippen molar-refractivity contribution in [3.8, 4) is 5.75 Å². The molecule has 6 heteroatoms. The number of carbonyl (C=O) groups excluding carboxylic acids is 1. The summed E-state index contributed by atoms with van der Waals surface area (Å²) in [7, 11) is 1.64. The molecule has 0 aliphatic carbocycles. The molecule has 1 fully saturated rings. The Hall–Kier alpha value is -2.47. The third-order valence-corrected chi connectivity index (χ3v) is 4.76. The molecule has 1 aromatic heterocycles. The van der Waals surface area contributed by atoms with Gasteiger partial charge in [0.1, 0.15) is 12.1 Å². The van der Waals surface area contributed by atoms with Crippen molar-refractivity contribution >= 4 is 5.91 Å². The number of amides is 1. The van der Waals surface area contributed by atoms with Crippen LogP contribution in [0.25, 0.3) is 0 Å². The van der Waals surface area contributed by atoms with Crippen molar-refractivity contribution in [1.82, 2.24) is 20.2 Å². The van der Waals surface area contributed by atoms with Crippen LogP contribution in [0.3, 0.4) is 0 Å². The number of nitrogens with one attached hydrogen (secondary N) is 1. The Morgan fingerprint density at radius 1 is 1.23 bits per heavy atom. The number of aromatic nitrogens is 2. The van der Waals surface area contributed by atoms with E-state index in [4.69, 9.17) is 4.74 Å². The normalized spacial score (nSPS) is 17.3. The Kier molecular flexibility index (Phi) is 6.55. The summed E-state index contributed by atoms with van der Waals surface area (Å²) in [5, 5.41) is 3.42. The first-order valence-corrected chi connectivity index (χ1v) is 9.13. The molecule has 1 saturated heterocycles. The van der Waals surface area contributed by atoms with Gasteiger partial charge in [-0.1, -0.05) is 12.1 Å². The summed E-state index contributed by atoms with van der Waals surface area (Å²) in [6, 6.07) is 7.95. The lowest BCUT2D eigenvalue weighted by Gasteiger charge is -2.31. The van der Waals surface area contributed by atoms with Gasteiger partial charge in [-0.2, -0.15) is 0 Å². The molecule has 1 aliphatic heterocycles. The molecule has 1 aliphatic rings. The average molecular weight is 354 g/mol. The standard InChI is InChI=1S/C20H26N4O2/c1-26-19-6-2-4-16(10-19)11-20(25)24(14-17-12-22-15-23-13-17)18-5-3-8-21-9-7-18/h2,4,6,10,12-13,15,18,21H,3,5,7-9,11,14H2,1H3/t18-/m1/s1. The van der Waals surface area contributed by atoms with Crippen LogP contribution in [0.1, 0.15) is 30.4 Å². The third kappa shape index (κ3) is 5.02. The average Bonchev–Trinajstić information content (AvgIpc) is 2.96. The molecule has 1 amide bonds. The van der Waals surface area contributed by atoms with Crippen molar-refractivity contribution in [3.63, 3.8) is 0 Å². The first kappa shape index (κ1) is 18.3. The van der Waals surface area contributed by atoms with E-state index in [0.717, 1.165) is 49.2 Å². The van der Waals surface area contributed by atoms with Crippen LogP contribution in [0.2, 0.25) is 0 Å². The van der Waals surface area contributed by atoms with Gasteiger partial charge < -0.3 is 15.0 Å². The van der Waals surface area contributed by atoms with Crippen LogP contribution < -0.4 is 10.1 Å². The molecule has 6 nitrogen and oxygen atoms in total. The van der Waals surface area contributed by atoms with E-state index in [-0.39, 0.29) is 11.9 Å². The van der Waals surface area contributed by atoms with Crippen LogP contribution in [-0.4, -0.2) is 47.0 Å². The number of hydrogen-bond acceptors (Lipinski definition) is 5. The fourth-order valence-electron chi connectivity index (χ4n) is 3.40. The predicted molar refractivity (Wildman–Crippen MR) is 99.8 cm³/mol. The molecule has 2 aromatic rings. The summed E-state index contributed by atoms with van der Waals surface area (Å²) in [4.78, 5) is 23.3. The number of nitrogens with zero attached hydrogens (tertiary/aromatic N) is 3. The van der Waals surface area contributed by atoms with Crippen molar-refractivity contribution in [2.75, 3.05) is 20.2 Å². The SMILES string of the molecule is COc1cccc(CC(=O)N(Cc2cncnc2)[C@@H]2CCCNCC2)c1. The van der Waals surface area contributed by atoms with Crippen molar-refractivity contribution < 1.29 is 9.53 Å². The van der Waals surface area contributed by atoms with Gasteiger partial charge in [0.15, 0.2) is 0 Å². The van der Waals surface area contributed by atoms with E-state index in [2.05, 4.69) is 15.3 Å². The maximum Gasteiger partial charge on any atom is 0.227 e. The summed E-state index contributed by atoms with van der Waals surface area (Å²) in [5.74, 6) is 0.908. The minimum absolute atomic E-state index is 0.133. The molecule has 1 atom stereocenters. The second-order valence-corrected chi connectivity index (χ2v) is 6.63. The molecule has 0 radical (unpaired) electrons. The first-order valence-electron chi connectivity index (χ1n) is 9.13. The number of rotatable bonds is 6. The van der Waals surface area contributed by atoms with Crippen LogP contribution in [0, 0.1) is 0 Å². The van der Waals surface area contributed by atoms with E-state index in [1.165, 1.54) is 6.33 Å². The zero-order valence-electron chi connectivity index (χ0n) is 15.2. The minimum atomic E-state index is 0.133. The molecular formula is C20H26N4O2. The smallest absolute Gasteiger partial charge is 0.227 e. The minimum Gasteiger partial charge on any atom is -0.497 e. The van der Waals surface area contributed by atoms with Crippen molar-refractivity contribution in [2.45, 2.75) is 38.3 Å². The quantitative estimate of drug-likeness (QED) is 0.861. The number of benzene rings is 1. The van der Waals surface area contributed by atoms with Crippen LogP contribution in [0.5, 0.6) is 5.75 Å². The number of hydrogen-bond donors (Lipinski definition) is 1. The Labute approximate surface area is 154 Å². The maximum atomic E-state index is 13.2. The molecule has 0 bridgehead atoms. The van der Waals surface area contributed by atoms with E-state index in [1.54, 1.807) is 19.5 Å². The van der Waals surface area contributed by atoms with Crippen LogP contribution >= 0.6 is 0 Å². The van der Waals surface area contributed by atoms with Gasteiger partial charge in [-0.25, -0.2) is 9.97 Å². The Morgan fingerprint density at radius 2 is 2.08 bits per heavy atom. The van der Waals surface area contributed by atoms with Crippen molar-refractivity contribution in [2.24, 2.45) is 0 Å². The van der Waals surface area contributed by atoms with Gasteiger partial charge in [-0.15, -0.1) is 0 Å². The van der Waals surface area contributed by atoms with Gasteiger partial charge in [0, 0.05) is 30.5 Å². The molecule has 26 heavy (non-hydrogen) atoms. The third-order valence-electron chi connectivity index (χ3n) is 4.76. The fourth-order valence-corrected chi connectivity index (χ4v) is 3.40. The zero-order valence-corrected chi connectivity index (χ0v) is 15.2. The van der Waals surface area contributed by atoms with Gasteiger partial charge in [0.2, 0.25) is 5.91 Å². The highest BCUT2D eigenvalue weighted by molar-refractivity contribution is 5.79. The Balaban J connectivity index is 1.77. The zero-order chi connectivity index (χ0) is 18.2. The summed E-state index contributed by atoms with van der Waals surface area (Å²) in [6.07, 6.45) is 8.53. The van der Waals surface area contributed by atoms with Crippen molar-refractivity contribution in [3.05, 3.63) is 54.1 Å². The van der Waals surface area contributed by atoms with E-state index >= 15 is 0 Å².